The molecule has 1 amide bonds. The van der Waals surface area contributed by atoms with Crippen molar-refractivity contribution in [3.05, 3.63) is 47.9 Å². The molecule has 2 N–H and O–H groups in total. The van der Waals surface area contributed by atoms with E-state index in [0.717, 1.165) is 5.56 Å². The molecule has 5 nitrogen and oxygen atoms in total. The third-order valence-corrected chi connectivity index (χ3v) is 2.28. The summed E-state index contributed by atoms with van der Waals surface area (Å²) in [6.45, 7) is 1.76. The van der Waals surface area contributed by atoms with Gasteiger partial charge in [0.25, 0.3) is 5.91 Å². The highest BCUT2D eigenvalue weighted by molar-refractivity contribution is 6.03. The summed E-state index contributed by atoms with van der Waals surface area (Å²) in [4.78, 5) is 19.6. The molecule has 5 heteroatoms. The topological polar surface area (TPSA) is 75.1 Å². The number of aromatic nitrogens is 2. The first-order valence-electron chi connectivity index (χ1n) is 5.04. The van der Waals surface area contributed by atoms with Crippen molar-refractivity contribution >= 4 is 11.7 Å². The monoisotopic (exact) mass is 229 g/mol. The fraction of sp³-hybridized carbons (Fsp3) is 0.0833. The SMILES string of the molecule is Cc1ccc(C(=O)Nc2cnccn2)cc1O. The maximum absolute atomic E-state index is 11.8. The lowest BCUT2D eigenvalue weighted by atomic mass is 10.1. The molecule has 0 aliphatic carbocycles. The minimum absolute atomic E-state index is 0.0943. The molecule has 17 heavy (non-hydrogen) atoms. The maximum atomic E-state index is 11.8. The Hall–Kier alpha value is -2.43. The van der Waals surface area contributed by atoms with Gasteiger partial charge in [-0.05, 0) is 24.6 Å². The number of carbonyl (C=O) groups is 1. The third kappa shape index (κ3) is 2.57. The van der Waals surface area contributed by atoms with Crippen molar-refractivity contribution in [2.24, 2.45) is 0 Å². The number of hydrogen-bond acceptors (Lipinski definition) is 4. The number of phenols is 1. The Balaban J connectivity index is 2.18. The Morgan fingerprint density at radius 2 is 2.18 bits per heavy atom. The minimum atomic E-state index is -0.333. The van der Waals surface area contributed by atoms with Crippen LogP contribution in [-0.2, 0) is 0 Å². The van der Waals surface area contributed by atoms with Crippen molar-refractivity contribution in [1.29, 1.82) is 0 Å². The molecule has 2 aromatic rings. The van der Waals surface area contributed by atoms with Gasteiger partial charge in [0.1, 0.15) is 5.75 Å². The molecular weight excluding hydrogens is 218 g/mol. The highest BCUT2D eigenvalue weighted by Crippen LogP contribution is 2.17. The number of nitrogens with one attached hydrogen (secondary N) is 1. The van der Waals surface area contributed by atoms with Crippen LogP contribution in [0.4, 0.5) is 5.82 Å². The Morgan fingerprint density at radius 3 is 2.82 bits per heavy atom. The van der Waals surface area contributed by atoms with Gasteiger partial charge in [-0.2, -0.15) is 0 Å². The van der Waals surface area contributed by atoms with Crippen LogP contribution in [0.3, 0.4) is 0 Å². The first-order valence-corrected chi connectivity index (χ1v) is 5.04. The van der Waals surface area contributed by atoms with E-state index in [1.54, 1.807) is 19.1 Å². The molecule has 0 radical (unpaired) electrons. The molecule has 0 saturated heterocycles. The molecule has 0 aliphatic rings. The number of anilines is 1. The summed E-state index contributed by atoms with van der Waals surface area (Å²) in [6, 6.07) is 4.74. The van der Waals surface area contributed by atoms with E-state index in [9.17, 15) is 9.90 Å². The molecule has 0 atom stereocenters. The summed E-state index contributed by atoms with van der Waals surface area (Å²) in [6.07, 6.45) is 4.46. The van der Waals surface area contributed by atoms with E-state index in [2.05, 4.69) is 15.3 Å². The van der Waals surface area contributed by atoms with E-state index < -0.39 is 0 Å². The lowest BCUT2D eigenvalue weighted by Gasteiger charge is -2.05. The van der Waals surface area contributed by atoms with E-state index in [0.29, 0.717) is 11.4 Å². The smallest absolute Gasteiger partial charge is 0.256 e. The normalized spacial score (nSPS) is 9.94. The Bertz CT molecular complexity index is 541. The van der Waals surface area contributed by atoms with Gasteiger partial charge >= 0.3 is 0 Å². The van der Waals surface area contributed by atoms with Crippen LogP contribution < -0.4 is 5.32 Å². The molecule has 1 aromatic carbocycles. The summed E-state index contributed by atoms with van der Waals surface area (Å²) in [5.74, 6) is 0.134. The van der Waals surface area contributed by atoms with Gasteiger partial charge in [0, 0.05) is 18.0 Å². The highest BCUT2D eigenvalue weighted by atomic mass is 16.3. The van der Waals surface area contributed by atoms with E-state index in [-0.39, 0.29) is 11.7 Å². The number of phenolic OH excluding ortho intramolecular Hbond substituents is 1. The summed E-state index contributed by atoms with van der Waals surface area (Å²) < 4.78 is 0. The largest absolute Gasteiger partial charge is 0.508 e. The van der Waals surface area contributed by atoms with Crippen molar-refractivity contribution < 1.29 is 9.90 Å². The number of rotatable bonds is 2. The van der Waals surface area contributed by atoms with Crippen LogP contribution in [0.5, 0.6) is 5.75 Å². The minimum Gasteiger partial charge on any atom is -0.508 e. The van der Waals surface area contributed by atoms with Crippen LogP contribution in [0, 0.1) is 6.92 Å². The third-order valence-electron chi connectivity index (χ3n) is 2.28. The van der Waals surface area contributed by atoms with Crippen molar-refractivity contribution in [1.82, 2.24) is 9.97 Å². The first-order chi connectivity index (χ1) is 8.16. The molecule has 1 aromatic heterocycles. The van der Waals surface area contributed by atoms with Crippen molar-refractivity contribution in [3.8, 4) is 5.75 Å². The standard InChI is InChI=1S/C12H11N3O2/c1-8-2-3-9(6-10(8)16)12(17)15-11-7-13-4-5-14-11/h2-7,16H,1H3,(H,14,15,17). The molecule has 0 aliphatic heterocycles. The van der Waals surface area contributed by atoms with Gasteiger partial charge in [-0.1, -0.05) is 6.07 Å². The number of aromatic hydroxyl groups is 1. The summed E-state index contributed by atoms with van der Waals surface area (Å²) >= 11 is 0. The zero-order valence-corrected chi connectivity index (χ0v) is 9.21. The van der Waals surface area contributed by atoms with Crippen LogP contribution in [0.1, 0.15) is 15.9 Å². The highest BCUT2D eigenvalue weighted by Gasteiger charge is 2.08. The van der Waals surface area contributed by atoms with E-state index in [1.165, 1.54) is 24.7 Å². The molecule has 0 bridgehead atoms. The van der Waals surface area contributed by atoms with Crippen LogP contribution in [0.25, 0.3) is 0 Å². The molecule has 0 spiro atoms. The Labute approximate surface area is 98.2 Å². The number of benzene rings is 1. The number of carbonyl (C=O) groups excluding carboxylic acids is 1. The van der Waals surface area contributed by atoms with Gasteiger partial charge in [0.05, 0.1) is 6.20 Å². The first kappa shape index (κ1) is 11.1. The Kier molecular flexibility index (Phi) is 3.00. The summed E-state index contributed by atoms with van der Waals surface area (Å²) in [5.41, 5.74) is 1.10. The number of hydrogen-bond donors (Lipinski definition) is 2. The fourth-order valence-corrected chi connectivity index (χ4v) is 1.30. The lowest BCUT2D eigenvalue weighted by Crippen LogP contribution is -2.12. The predicted octanol–water partition coefficient (Wildman–Crippen LogP) is 1.74. The molecule has 1 heterocycles. The second-order valence-electron chi connectivity index (χ2n) is 3.55. The van der Waals surface area contributed by atoms with Gasteiger partial charge in [0.15, 0.2) is 5.82 Å². The van der Waals surface area contributed by atoms with Gasteiger partial charge in [-0.25, -0.2) is 4.98 Å². The second kappa shape index (κ2) is 4.61. The predicted molar refractivity (Wildman–Crippen MR) is 62.8 cm³/mol. The van der Waals surface area contributed by atoms with Crippen LogP contribution >= 0.6 is 0 Å². The molecule has 0 unspecified atom stereocenters. The van der Waals surface area contributed by atoms with Crippen LogP contribution in [0.15, 0.2) is 36.8 Å². The van der Waals surface area contributed by atoms with Crippen molar-refractivity contribution in [2.75, 3.05) is 5.32 Å². The molecule has 2 rings (SSSR count). The summed E-state index contributed by atoms with van der Waals surface area (Å²) in [5, 5.41) is 12.1. The van der Waals surface area contributed by atoms with Gasteiger partial charge < -0.3 is 10.4 Å². The van der Waals surface area contributed by atoms with Crippen molar-refractivity contribution in [3.63, 3.8) is 0 Å². The molecule has 0 fully saturated rings. The number of aryl methyl sites for hydroxylation is 1. The zero-order valence-electron chi connectivity index (χ0n) is 9.21. The second-order valence-corrected chi connectivity index (χ2v) is 3.55. The van der Waals surface area contributed by atoms with Gasteiger partial charge in [-0.15, -0.1) is 0 Å². The van der Waals surface area contributed by atoms with E-state index in [1.807, 2.05) is 0 Å². The quantitative estimate of drug-likeness (QED) is 0.822. The molecule has 0 saturated carbocycles. The average molecular weight is 229 g/mol. The fourth-order valence-electron chi connectivity index (χ4n) is 1.30. The molecule has 86 valence electrons. The zero-order chi connectivity index (χ0) is 12.3. The van der Waals surface area contributed by atoms with Crippen molar-refractivity contribution in [2.45, 2.75) is 6.92 Å². The van der Waals surface area contributed by atoms with Gasteiger partial charge in [0.2, 0.25) is 0 Å². The average Bonchev–Trinajstić information content (AvgIpc) is 2.34. The van der Waals surface area contributed by atoms with E-state index >= 15 is 0 Å². The summed E-state index contributed by atoms with van der Waals surface area (Å²) in [7, 11) is 0. The van der Waals surface area contributed by atoms with Crippen LogP contribution in [0.2, 0.25) is 0 Å². The Morgan fingerprint density at radius 1 is 1.35 bits per heavy atom. The number of amides is 1. The molecular formula is C12H11N3O2. The lowest BCUT2D eigenvalue weighted by molar-refractivity contribution is 0.102. The van der Waals surface area contributed by atoms with E-state index in [4.69, 9.17) is 0 Å². The van der Waals surface area contributed by atoms with Crippen LogP contribution in [-0.4, -0.2) is 21.0 Å². The van der Waals surface area contributed by atoms with Gasteiger partial charge in [-0.3, -0.25) is 9.78 Å². The number of nitrogens with zero attached hydrogens (tertiary/aromatic N) is 2. The maximum Gasteiger partial charge on any atom is 0.256 e.